The molecule has 6 rings (SSSR count). The van der Waals surface area contributed by atoms with Crippen molar-refractivity contribution >= 4 is 43.8 Å². The molecular formula is C35H31BrN4O2. The first kappa shape index (κ1) is 27.7. The fourth-order valence-electron chi connectivity index (χ4n) is 5.36. The third-order valence-electron chi connectivity index (χ3n) is 7.50. The maximum Gasteiger partial charge on any atom is 0.282 e. The zero-order valence-electron chi connectivity index (χ0n) is 24.0. The van der Waals surface area contributed by atoms with E-state index in [1.165, 1.54) is 15.4 Å². The molecule has 7 heteroatoms. The minimum absolute atomic E-state index is 0.0247. The molecule has 0 radical (unpaired) electrons. The lowest BCUT2D eigenvalue weighted by Gasteiger charge is -2.13. The molecule has 0 spiro atoms. The average Bonchev–Trinajstić information content (AvgIpc) is 3.28. The fraction of sp³-hybridized carbons (Fsp3) is 0.171. The number of aryl methyl sites for hydroxylation is 1. The molecule has 6 aromatic rings. The summed E-state index contributed by atoms with van der Waals surface area (Å²) in [5.74, 6) is 1.46. The van der Waals surface area contributed by atoms with Gasteiger partial charge in [0.2, 0.25) is 0 Å². The van der Waals surface area contributed by atoms with Gasteiger partial charge in [-0.05, 0) is 78.7 Å². The Balaban J connectivity index is 1.26. The summed E-state index contributed by atoms with van der Waals surface area (Å²) in [5.41, 5.74) is 5.69. The van der Waals surface area contributed by atoms with E-state index < -0.39 is 0 Å². The first-order chi connectivity index (χ1) is 20.3. The molecule has 0 aliphatic rings. The highest BCUT2D eigenvalue weighted by atomic mass is 79.9. The fourth-order valence-corrected chi connectivity index (χ4v) is 5.72. The van der Waals surface area contributed by atoms with Gasteiger partial charge in [-0.15, -0.1) is 0 Å². The Morgan fingerprint density at radius 2 is 1.69 bits per heavy atom. The highest BCUT2D eigenvalue weighted by Gasteiger charge is 2.15. The summed E-state index contributed by atoms with van der Waals surface area (Å²) >= 11 is 3.46. The highest BCUT2D eigenvalue weighted by molar-refractivity contribution is 9.10. The lowest BCUT2D eigenvalue weighted by molar-refractivity contribution is 0.307. The van der Waals surface area contributed by atoms with Crippen LogP contribution in [0.1, 0.15) is 48.1 Å². The summed E-state index contributed by atoms with van der Waals surface area (Å²) in [6.07, 6.45) is 1.75. The molecule has 210 valence electrons. The smallest absolute Gasteiger partial charge is 0.282 e. The van der Waals surface area contributed by atoms with Crippen molar-refractivity contribution in [2.75, 3.05) is 0 Å². The van der Waals surface area contributed by atoms with E-state index in [0.717, 1.165) is 38.4 Å². The van der Waals surface area contributed by atoms with Crippen molar-refractivity contribution < 1.29 is 4.74 Å². The van der Waals surface area contributed by atoms with Gasteiger partial charge >= 0.3 is 0 Å². The molecule has 0 saturated heterocycles. The van der Waals surface area contributed by atoms with Gasteiger partial charge in [0.15, 0.2) is 0 Å². The van der Waals surface area contributed by atoms with Gasteiger partial charge in [0.05, 0.1) is 17.1 Å². The molecule has 0 aliphatic heterocycles. The van der Waals surface area contributed by atoms with Crippen LogP contribution in [-0.2, 0) is 6.61 Å². The lowest BCUT2D eigenvalue weighted by Crippen LogP contribution is -2.23. The van der Waals surface area contributed by atoms with Crippen LogP contribution in [0.2, 0.25) is 0 Å². The Morgan fingerprint density at radius 3 is 2.48 bits per heavy atom. The van der Waals surface area contributed by atoms with Crippen LogP contribution in [0.4, 0.5) is 0 Å². The second kappa shape index (κ2) is 11.4. The van der Waals surface area contributed by atoms with Crippen molar-refractivity contribution in [2.45, 2.75) is 40.2 Å². The SMILES string of the molecule is Cc1cc(C=Nn2c(C(C)C)nc3ccc(Br)cc3c2=O)c(C)n1-c1ccc(OCc2cccc3ccccc23)cc1. The average molecular weight is 620 g/mol. The zero-order valence-corrected chi connectivity index (χ0v) is 25.6. The molecule has 0 N–H and O–H groups in total. The maximum atomic E-state index is 13.4. The Labute approximate surface area is 253 Å². The Kier molecular flexibility index (Phi) is 7.52. The Morgan fingerprint density at radius 1 is 0.929 bits per heavy atom. The minimum Gasteiger partial charge on any atom is -0.489 e. The normalized spacial score (nSPS) is 11.8. The summed E-state index contributed by atoms with van der Waals surface area (Å²) in [7, 11) is 0. The number of nitrogens with zero attached hydrogens (tertiary/aromatic N) is 4. The van der Waals surface area contributed by atoms with Crippen LogP contribution in [0.15, 0.2) is 105 Å². The van der Waals surface area contributed by atoms with Gasteiger partial charge in [0.25, 0.3) is 5.56 Å². The first-order valence-electron chi connectivity index (χ1n) is 14.0. The van der Waals surface area contributed by atoms with E-state index in [0.29, 0.717) is 23.3 Å². The molecule has 0 fully saturated rings. The largest absolute Gasteiger partial charge is 0.489 e. The summed E-state index contributed by atoms with van der Waals surface area (Å²) in [6.45, 7) is 8.65. The summed E-state index contributed by atoms with van der Waals surface area (Å²) in [4.78, 5) is 18.2. The van der Waals surface area contributed by atoms with E-state index in [4.69, 9.17) is 9.72 Å². The number of fused-ring (bicyclic) bond motifs is 2. The number of aromatic nitrogens is 3. The number of rotatable bonds is 7. The Hall–Kier alpha value is -4.49. The van der Waals surface area contributed by atoms with E-state index in [9.17, 15) is 4.79 Å². The number of ether oxygens (including phenoxy) is 1. The second-order valence-corrected chi connectivity index (χ2v) is 11.6. The van der Waals surface area contributed by atoms with Crippen LogP contribution < -0.4 is 10.3 Å². The topological polar surface area (TPSA) is 61.4 Å². The molecule has 0 saturated carbocycles. The first-order valence-corrected chi connectivity index (χ1v) is 14.7. The van der Waals surface area contributed by atoms with Crippen LogP contribution in [0.25, 0.3) is 27.4 Å². The van der Waals surface area contributed by atoms with Crippen molar-refractivity contribution in [2.24, 2.45) is 5.10 Å². The van der Waals surface area contributed by atoms with Crippen LogP contribution in [0.5, 0.6) is 5.75 Å². The predicted molar refractivity (Wildman–Crippen MR) is 174 cm³/mol. The van der Waals surface area contributed by atoms with Gasteiger partial charge in [0.1, 0.15) is 18.2 Å². The minimum atomic E-state index is -0.186. The highest BCUT2D eigenvalue weighted by Crippen LogP contribution is 2.25. The van der Waals surface area contributed by atoms with Crippen LogP contribution in [-0.4, -0.2) is 20.4 Å². The van der Waals surface area contributed by atoms with Crippen molar-refractivity contribution in [3.63, 3.8) is 0 Å². The van der Waals surface area contributed by atoms with Gasteiger partial charge in [-0.25, -0.2) is 4.98 Å². The molecule has 0 aliphatic carbocycles. The van der Waals surface area contributed by atoms with E-state index in [1.54, 1.807) is 12.3 Å². The molecule has 2 aromatic heterocycles. The summed E-state index contributed by atoms with van der Waals surface area (Å²) < 4.78 is 10.6. The van der Waals surface area contributed by atoms with Crippen molar-refractivity contribution in [1.29, 1.82) is 0 Å². The van der Waals surface area contributed by atoms with Gasteiger partial charge in [0, 0.05) is 33.0 Å². The quantitative estimate of drug-likeness (QED) is 0.169. The molecule has 0 unspecified atom stereocenters. The van der Waals surface area contributed by atoms with E-state index in [1.807, 2.05) is 38.1 Å². The Bertz CT molecular complexity index is 2020. The van der Waals surface area contributed by atoms with Gasteiger partial charge in [-0.1, -0.05) is 72.2 Å². The third-order valence-corrected chi connectivity index (χ3v) is 7.99. The van der Waals surface area contributed by atoms with Crippen molar-refractivity contribution in [3.8, 4) is 11.4 Å². The maximum absolute atomic E-state index is 13.4. The second-order valence-electron chi connectivity index (χ2n) is 10.7. The van der Waals surface area contributed by atoms with E-state index in [2.05, 4.69) is 100 Å². The molecule has 0 amide bonds. The predicted octanol–water partition coefficient (Wildman–Crippen LogP) is 8.30. The van der Waals surface area contributed by atoms with Gasteiger partial charge < -0.3 is 9.30 Å². The summed E-state index contributed by atoms with van der Waals surface area (Å²) in [6, 6.07) is 30.4. The van der Waals surface area contributed by atoms with E-state index in [-0.39, 0.29) is 11.5 Å². The standard InChI is InChI=1S/C35H31BrN4O2/c1-22(2)34-38-33-17-12-28(36)19-32(33)35(41)40(34)37-20-27-18-23(3)39(24(27)4)29-13-15-30(16-14-29)42-21-26-10-7-9-25-8-5-6-11-31(25)26/h5-20,22H,21H2,1-4H3. The van der Waals surface area contributed by atoms with Gasteiger partial charge in [-0.2, -0.15) is 9.78 Å². The van der Waals surface area contributed by atoms with Crippen molar-refractivity contribution in [3.05, 3.63) is 134 Å². The zero-order chi connectivity index (χ0) is 29.4. The molecule has 4 aromatic carbocycles. The van der Waals surface area contributed by atoms with Crippen LogP contribution >= 0.6 is 15.9 Å². The number of hydrogen-bond acceptors (Lipinski definition) is 4. The molecule has 6 nitrogen and oxygen atoms in total. The van der Waals surface area contributed by atoms with Crippen LogP contribution in [0, 0.1) is 13.8 Å². The number of benzene rings is 4. The number of hydrogen-bond donors (Lipinski definition) is 0. The molecule has 42 heavy (non-hydrogen) atoms. The molecule has 2 heterocycles. The van der Waals surface area contributed by atoms with Gasteiger partial charge in [-0.3, -0.25) is 4.79 Å². The summed E-state index contributed by atoms with van der Waals surface area (Å²) in [5, 5.41) is 7.59. The monoisotopic (exact) mass is 618 g/mol. The molecule has 0 bridgehead atoms. The lowest BCUT2D eigenvalue weighted by atomic mass is 10.1. The van der Waals surface area contributed by atoms with E-state index >= 15 is 0 Å². The third kappa shape index (κ3) is 5.28. The van der Waals surface area contributed by atoms with Crippen LogP contribution in [0.3, 0.4) is 0 Å². The van der Waals surface area contributed by atoms with Crippen molar-refractivity contribution in [1.82, 2.24) is 14.2 Å². The molecule has 0 atom stereocenters. The number of halogens is 1. The molecular weight excluding hydrogens is 588 g/mol.